The number of rotatable bonds is 6. The Morgan fingerprint density at radius 3 is 2.81 bits per heavy atom. The summed E-state index contributed by atoms with van der Waals surface area (Å²) in [5.41, 5.74) is 1.51. The highest BCUT2D eigenvalue weighted by molar-refractivity contribution is 5.89. The van der Waals surface area contributed by atoms with E-state index in [2.05, 4.69) is 11.8 Å². The lowest BCUT2D eigenvalue weighted by Crippen LogP contribution is -2.02. The van der Waals surface area contributed by atoms with Crippen molar-refractivity contribution < 1.29 is 14.9 Å². The van der Waals surface area contributed by atoms with Crippen LogP contribution in [-0.4, -0.2) is 11.2 Å². The van der Waals surface area contributed by atoms with E-state index in [1.165, 1.54) is 19.3 Å². The van der Waals surface area contributed by atoms with Crippen molar-refractivity contribution in [2.24, 2.45) is 0 Å². The van der Waals surface area contributed by atoms with Crippen LogP contribution in [0.25, 0.3) is 0 Å². The van der Waals surface area contributed by atoms with E-state index in [1.54, 1.807) is 18.2 Å². The van der Waals surface area contributed by atoms with Crippen LogP contribution in [-0.2, 0) is 11.3 Å². The first-order valence-electron chi connectivity index (χ1n) is 5.72. The molecule has 0 aliphatic heterocycles. The maximum Gasteiger partial charge on any atom is 0.372 e. The minimum atomic E-state index is -0.699. The molecule has 0 fully saturated rings. The van der Waals surface area contributed by atoms with Gasteiger partial charge in [-0.3, -0.25) is 4.89 Å². The first kappa shape index (κ1) is 12.7. The molecule has 3 nitrogen and oxygen atoms in total. The van der Waals surface area contributed by atoms with Crippen LogP contribution in [0.15, 0.2) is 24.3 Å². The highest BCUT2D eigenvalue weighted by Gasteiger charge is 2.06. The second-order valence-corrected chi connectivity index (χ2v) is 3.89. The van der Waals surface area contributed by atoms with Crippen molar-refractivity contribution in [3.63, 3.8) is 0 Å². The first-order valence-corrected chi connectivity index (χ1v) is 5.72. The van der Waals surface area contributed by atoms with Crippen molar-refractivity contribution in [2.45, 2.75) is 39.0 Å². The molecule has 0 saturated carbocycles. The molecule has 1 aromatic carbocycles. The fourth-order valence-corrected chi connectivity index (χ4v) is 1.66. The molecular weight excluding hydrogens is 204 g/mol. The van der Waals surface area contributed by atoms with Gasteiger partial charge in [-0.05, 0) is 30.5 Å². The highest BCUT2D eigenvalue weighted by Crippen LogP contribution is 2.11. The average molecular weight is 222 g/mol. The monoisotopic (exact) mass is 222 g/mol. The summed E-state index contributed by atoms with van der Waals surface area (Å²) in [6, 6.07) is 7.19. The summed E-state index contributed by atoms with van der Waals surface area (Å²) in [5, 5.41) is 8.28. The van der Waals surface area contributed by atoms with Crippen LogP contribution in [0.1, 0.15) is 48.5 Å². The zero-order chi connectivity index (χ0) is 11.8. The van der Waals surface area contributed by atoms with Gasteiger partial charge in [0.25, 0.3) is 0 Å². The zero-order valence-corrected chi connectivity index (χ0v) is 9.61. The van der Waals surface area contributed by atoms with Gasteiger partial charge < -0.3 is 0 Å². The van der Waals surface area contributed by atoms with Crippen molar-refractivity contribution in [3.05, 3.63) is 35.4 Å². The van der Waals surface area contributed by atoms with Gasteiger partial charge in [0.05, 0.1) is 5.56 Å². The SMILES string of the molecule is CCCCCCc1cccc(C(=O)OO)c1. The molecule has 0 bridgehead atoms. The summed E-state index contributed by atoms with van der Waals surface area (Å²) in [5.74, 6) is -0.699. The van der Waals surface area contributed by atoms with Gasteiger partial charge in [-0.1, -0.05) is 38.3 Å². The quantitative estimate of drug-likeness (QED) is 0.455. The van der Waals surface area contributed by atoms with Gasteiger partial charge in [-0.15, -0.1) is 0 Å². The number of hydrogen-bond acceptors (Lipinski definition) is 3. The van der Waals surface area contributed by atoms with Crippen molar-refractivity contribution >= 4 is 5.97 Å². The van der Waals surface area contributed by atoms with Gasteiger partial charge in [0.15, 0.2) is 0 Å². The van der Waals surface area contributed by atoms with E-state index in [1.807, 2.05) is 6.07 Å². The first-order chi connectivity index (χ1) is 7.77. The maximum absolute atomic E-state index is 11.1. The molecule has 0 heterocycles. The summed E-state index contributed by atoms with van der Waals surface area (Å²) in [6.07, 6.45) is 5.78. The van der Waals surface area contributed by atoms with E-state index in [-0.39, 0.29) is 0 Å². The van der Waals surface area contributed by atoms with Crippen molar-refractivity contribution in [3.8, 4) is 0 Å². The summed E-state index contributed by atoms with van der Waals surface area (Å²) in [7, 11) is 0. The Morgan fingerprint density at radius 2 is 2.12 bits per heavy atom. The number of carbonyl (C=O) groups excluding carboxylic acids is 1. The fourth-order valence-electron chi connectivity index (χ4n) is 1.66. The second kappa shape index (κ2) is 7.01. The standard InChI is InChI=1S/C13H18O3/c1-2-3-4-5-7-11-8-6-9-12(10-11)13(14)16-15/h6,8-10,15H,2-5,7H2,1H3. The number of carbonyl (C=O) groups is 1. The minimum Gasteiger partial charge on any atom is -0.296 e. The Labute approximate surface area is 96.0 Å². The fraction of sp³-hybridized carbons (Fsp3) is 0.462. The van der Waals surface area contributed by atoms with Gasteiger partial charge in [0.1, 0.15) is 0 Å². The number of unbranched alkanes of at least 4 members (excludes halogenated alkanes) is 3. The van der Waals surface area contributed by atoms with Crippen LogP contribution in [0.4, 0.5) is 0 Å². The second-order valence-electron chi connectivity index (χ2n) is 3.89. The summed E-state index contributed by atoms with van der Waals surface area (Å²) < 4.78 is 0. The van der Waals surface area contributed by atoms with Gasteiger partial charge >= 0.3 is 5.97 Å². The van der Waals surface area contributed by atoms with Crippen LogP contribution < -0.4 is 0 Å². The lowest BCUT2D eigenvalue weighted by molar-refractivity contribution is -0.182. The molecule has 0 spiro atoms. The van der Waals surface area contributed by atoms with Gasteiger partial charge in [-0.2, -0.15) is 5.26 Å². The van der Waals surface area contributed by atoms with E-state index < -0.39 is 5.97 Å². The molecule has 1 aromatic rings. The van der Waals surface area contributed by atoms with Gasteiger partial charge in [-0.25, -0.2) is 4.79 Å². The van der Waals surface area contributed by atoms with Crippen LogP contribution in [0.3, 0.4) is 0 Å². The van der Waals surface area contributed by atoms with Gasteiger partial charge in [0, 0.05) is 0 Å². The molecular formula is C13H18O3. The molecule has 1 rings (SSSR count). The maximum atomic E-state index is 11.1. The zero-order valence-electron chi connectivity index (χ0n) is 9.61. The molecule has 0 atom stereocenters. The Morgan fingerprint density at radius 1 is 1.31 bits per heavy atom. The number of hydrogen-bond donors (Lipinski definition) is 1. The van der Waals surface area contributed by atoms with Gasteiger partial charge in [0.2, 0.25) is 0 Å². The summed E-state index contributed by atoms with van der Waals surface area (Å²) >= 11 is 0. The van der Waals surface area contributed by atoms with Crippen LogP contribution in [0.5, 0.6) is 0 Å². The summed E-state index contributed by atoms with van der Waals surface area (Å²) in [6.45, 7) is 2.18. The van der Waals surface area contributed by atoms with Crippen molar-refractivity contribution in [1.82, 2.24) is 0 Å². The lowest BCUT2D eigenvalue weighted by Gasteiger charge is -2.03. The van der Waals surface area contributed by atoms with Crippen LogP contribution in [0, 0.1) is 0 Å². The molecule has 3 heteroatoms. The molecule has 0 aliphatic rings. The molecule has 0 radical (unpaired) electrons. The predicted octanol–water partition coefficient (Wildman–Crippen LogP) is 3.44. The van der Waals surface area contributed by atoms with Crippen molar-refractivity contribution in [1.29, 1.82) is 0 Å². The smallest absolute Gasteiger partial charge is 0.296 e. The molecule has 88 valence electrons. The van der Waals surface area contributed by atoms with Crippen molar-refractivity contribution in [2.75, 3.05) is 0 Å². The van der Waals surface area contributed by atoms with Crippen LogP contribution in [0.2, 0.25) is 0 Å². The molecule has 0 unspecified atom stereocenters. The minimum absolute atomic E-state index is 0.399. The van der Waals surface area contributed by atoms with E-state index in [4.69, 9.17) is 5.26 Å². The molecule has 1 N–H and O–H groups in total. The molecule has 16 heavy (non-hydrogen) atoms. The number of aryl methyl sites for hydroxylation is 1. The molecule has 0 aliphatic carbocycles. The average Bonchev–Trinajstić information content (AvgIpc) is 2.34. The Balaban J connectivity index is 2.50. The normalized spacial score (nSPS) is 10.1. The molecule has 0 saturated heterocycles. The third-order valence-electron chi connectivity index (χ3n) is 2.56. The Kier molecular flexibility index (Phi) is 5.57. The summed E-state index contributed by atoms with van der Waals surface area (Å²) in [4.78, 5) is 14.8. The highest BCUT2D eigenvalue weighted by atomic mass is 17.1. The largest absolute Gasteiger partial charge is 0.372 e. The topological polar surface area (TPSA) is 46.5 Å². The van der Waals surface area contributed by atoms with E-state index in [0.29, 0.717) is 5.56 Å². The third kappa shape index (κ3) is 4.03. The molecule has 0 amide bonds. The van der Waals surface area contributed by atoms with E-state index in [9.17, 15) is 4.79 Å². The van der Waals surface area contributed by atoms with Crippen LogP contribution >= 0.6 is 0 Å². The third-order valence-corrected chi connectivity index (χ3v) is 2.56. The van der Waals surface area contributed by atoms with E-state index >= 15 is 0 Å². The van der Waals surface area contributed by atoms with E-state index in [0.717, 1.165) is 18.4 Å². The predicted molar refractivity (Wildman–Crippen MR) is 62.3 cm³/mol. The lowest BCUT2D eigenvalue weighted by atomic mass is 10.0. The Bertz CT molecular complexity index is 334. The Hall–Kier alpha value is -1.35. The molecule has 0 aromatic heterocycles. The number of benzene rings is 1.